The van der Waals surface area contributed by atoms with Crippen LogP contribution in [0.5, 0.6) is 0 Å². The molecule has 0 aromatic carbocycles. The summed E-state index contributed by atoms with van der Waals surface area (Å²) in [5.74, 6) is 3.34. The Morgan fingerprint density at radius 2 is 1.65 bits per heavy atom. The van der Waals surface area contributed by atoms with Crippen molar-refractivity contribution in [2.75, 3.05) is 26.2 Å². The van der Waals surface area contributed by atoms with Gasteiger partial charge in [0.05, 0.1) is 0 Å². The van der Waals surface area contributed by atoms with E-state index in [2.05, 4.69) is 14.9 Å². The average molecular weight is 357 g/mol. The molecule has 4 saturated carbocycles. The predicted octanol–water partition coefficient (Wildman–Crippen LogP) is 2.78. The average Bonchev–Trinajstić information content (AvgIpc) is 3.14. The van der Waals surface area contributed by atoms with Gasteiger partial charge in [-0.3, -0.25) is 14.4 Å². The number of nitrogens with zero attached hydrogens (tertiary/aromatic N) is 4. The number of aryl methyl sites for hydroxylation is 1. The monoisotopic (exact) mass is 356 g/mol. The minimum atomic E-state index is 0.335. The van der Waals surface area contributed by atoms with Crippen molar-refractivity contribution in [3.05, 3.63) is 18.5 Å². The first-order chi connectivity index (χ1) is 12.7. The lowest BCUT2D eigenvalue weighted by Gasteiger charge is -2.61. The summed E-state index contributed by atoms with van der Waals surface area (Å²) in [6.07, 6.45) is 14.1. The van der Waals surface area contributed by atoms with Gasteiger partial charge < -0.3 is 4.90 Å². The Balaban J connectivity index is 1.12. The highest BCUT2D eigenvalue weighted by Gasteiger charge is 2.53. The van der Waals surface area contributed by atoms with Gasteiger partial charge in [0.25, 0.3) is 0 Å². The topological polar surface area (TPSA) is 41.4 Å². The maximum Gasteiger partial charge on any atom is 0.222 e. The maximum absolute atomic E-state index is 12.6. The fourth-order valence-electron chi connectivity index (χ4n) is 6.87. The van der Waals surface area contributed by atoms with E-state index in [1.807, 2.05) is 16.9 Å². The van der Waals surface area contributed by atoms with E-state index in [9.17, 15) is 4.79 Å². The number of piperazine rings is 1. The standard InChI is InChI=1S/C21H32N4O/c26-20(3-1-5-25-6-2-4-22-25)23-7-9-24(10-8-23)21-14-17-11-18(15-21)13-19(12-17)16-21/h2,4,6,17-19H,1,3,5,7-16H2. The van der Waals surface area contributed by atoms with Crippen molar-refractivity contribution in [2.45, 2.75) is 63.5 Å². The van der Waals surface area contributed by atoms with E-state index < -0.39 is 0 Å². The van der Waals surface area contributed by atoms with E-state index in [1.54, 1.807) is 6.20 Å². The minimum absolute atomic E-state index is 0.335. The lowest BCUT2D eigenvalue weighted by molar-refractivity contribution is -0.138. The van der Waals surface area contributed by atoms with Crippen LogP contribution in [0.15, 0.2) is 18.5 Å². The first-order valence-electron chi connectivity index (χ1n) is 10.7. The van der Waals surface area contributed by atoms with Gasteiger partial charge in [-0.15, -0.1) is 0 Å². The zero-order chi connectivity index (χ0) is 17.6. The Labute approximate surface area is 156 Å². The number of aromatic nitrogens is 2. The molecule has 5 heteroatoms. The molecule has 5 nitrogen and oxygen atoms in total. The van der Waals surface area contributed by atoms with Crippen LogP contribution in [-0.2, 0) is 11.3 Å². The van der Waals surface area contributed by atoms with Crippen molar-refractivity contribution in [3.8, 4) is 0 Å². The Kier molecular flexibility index (Phi) is 4.30. The third-order valence-electron chi connectivity index (χ3n) is 7.65. The molecule has 142 valence electrons. The Morgan fingerprint density at radius 1 is 1.00 bits per heavy atom. The molecule has 26 heavy (non-hydrogen) atoms. The van der Waals surface area contributed by atoms with Crippen LogP contribution in [0.4, 0.5) is 0 Å². The van der Waals surface area contributed by atoms with Gasteiger partial charge in [-0.2, -0.15) is 5.10 Å². The van der Waals surface area contributed by atoms with E-state index in [1.165, 1.54) is 38.5 Å². The second kappa shape index (κ2) is 6.66. The smallest absolute Gasteiger partial charge is 0.222 e. The SMILES string of the molecule is O=C(CCCn1cccn1)N1CCN(C23CC4CC(CC(C4)C2)C3)CC1. The van der Waals surface area contributed by atoms with Gasteiger partial charge in [0, 0.05) is 57.1 Å². The van der Waals surface area contributed by atoms with Crippen molar-refractivity contribution in [3.63, 3.8) is 0 Å². The number of hydrogen-bond acceptors (Lipinski definition) is 3. The van der Waals surface area contributed by atoms with E-state index in [-0.39, 0.29) is 0 Å². The summed E-state index contributed by atoms with van der Waals surface area (Å²) in [5.41, 5.74) is 0.504. The predicted molar refractivity (Wildman–Crippen MR) is 101 cm³/mol. The molecule has 1 amide bonds. The molecule has 1 saturated heterocycles. The van der Waals surface area contributed by atoms with Gasteiger partial charge in [0.15, 0.2) is 0 Å². The molecule has 1 aliphatic heterocycles. The summed E-state index contributed by atoms with van der Waals surface area (Å²) in [7, 11) is 0. The molecule has 2 heterocycles. The fourth-order valence-corrected chi connectivity index (χ4v) is 6.87. The maximum atomic E-state index is 12.6. The summed E-state index contributed by atoms with van der Waals surface area (Å²) in [4.78, 5) is 17.5. The van der Waals surface area contributed by atoms with Crippen LogP contribution in [0.25, 0.3) is 0 Å². The van der Waals surface area contributed by atoms with Crippen LogP contribution in [-0.4, -0.2) is 57.2 Å². The zero-order valence-electron chi connectivity index (χ0n) is 15.9. The van der Waals surface area contributed by atoms with Gasteiger partial charge in [-0.05, 0) is 68.8 Å². The van der Waals surface area contributed by atoms with Crippen LogP contribution >= 0.6 is 0 Å². The van der Waals surface area contributed by atoms with Crippen LogP contribution in [0.3, 0.4) is 0 Å². The molecule has 0 unspecified atom stereocenters. The second-order valence-electron chi connectivity index (χ2n) is 9.38. The molecule has 5 fully saturated rings. The number of carbonyl (C=O) groups is 1. The third-order valence-corrected chi connectivity index (χ3v) is 7.65. The number of amides is 1. The number of carbonyl (C=O) groups excluding carboxylic acids is 1. The second-order valence-corrected chi connectivity index (χ2v) is 9.38. The van der Waals surface area contributed by atoms with E-state index in [0.717, 1.165) is 56.9 Å². The summed E-state index contributed by atoms with van der Waals surface area (Å²) in [5, 5.41) is 4.21. The van der Waals surface area contributed by atoms with Gasteiger partial charge in [0.2, 0.25) is 5.91 Å². The largest absolute Gasteiger partial charge is 0.340 e. The molecule has 4 bridgehead atoms. The summed E-state index contributed by atoms with van der Waals surface area (Å²) in [6.45, 7) is 4.89. The van der Waals surface area contributed by atoms with Crippen molar-refractivity contribution < 1.29 is 4.79 Å². The number of hydrogen-bond donors (Lipinski definition) is 0. The molecule has 5 aliphatic rings. The molecule has 0 N–H and O–H groups in total. The van der Waals surface area contributed by atoms with Gasteiger partial charge in [-0.1, -0.05) is 0 Å². The van der Waals surface area contributed by atoms with Crippen LogP contribution in [0.1, 0.15) is 51.4 Å². The first kappa shape index (κ1) is 16.8. The molecular formula is C21H32N4O. The molecule has 0 spiro atoms. The summed E-state index contributed by atoms with van der Waals surface area (Å²) in [6, 6.07) is 1.94. The minimum Gasteiger partial charge on any atom is -0.340 e. The molecule has 0 atom stereocenters. The molecule has 4 aliphatic carbocycles. The Morgan fingerprint density at radius 3 is 2.23 bits per heavy atom. The van der Waals surface area contributed by atoms with Gasteiger partial charge in [0.1, 0.15) is 0 Å². The van der Waals surface area contributed by atoms with Gasteiger partial charge >= 0.3 is 0 Å². The van der Waals surface area contributed by atoms with Crippen molar-refractivity contribution in [1.82, 2.24) is 19.6 Å². The van der Waals surface area contributed by atoms with Crippen molar-refractivity contribution in [1.29, 1.82) is 0 Å². The molecule has 0 radical (unpaired) electrons. The molecular weight excluding hydrogens is 324 g/mol. The van der Waals surface area contributed by atoms with E-state index in [0.29, 0.717) is 17.9 Å². The highest BCUT2D eigenvalue weighted by Crippen LogP contribution is 2.57. The number of rotatable bonds is 5. The quantitative estimate of drug-likeness (QED) is 0.815. The fraction of sp³-hybridized carbons (Fsp3) is 0.810. The summed E-state index contributed by atoms with van der Waals surface area (Å²) < 4.78 is 1.91. The molecule has 1 aromatic rings. The van der Waals surface area contributed by atoms with Crippen molar-refractivity contribution >= 4 is 5.91 Å². The third kappa shape index (κ3) is 3.08. The highest BCUT2D eigenvalue weighted by atomic mass is 16.2. The van der Waals surface area contributed by atoms with Crippen LogP contribution < -0.4 is 0 Å². The first-order valence-corrected chi connectivity index (χ1v) is 10.7. The zero-order valence-corrected chi connectivity index (χ0v) is 15.9. The van der Waals surface area contributed by atoms with E-state index in [4.69, 9.17) is 0 Å². The van der Waals surface area contributed by atoms with Crippen molar-refractivity contribution in [2.24, 2.45) is 17.8 Å². The Hall–Kier alpha value is -1.36. The molecule has 6 rings (SSSR count). The normalized spacial score (nSPS) is 36.6. The Bertz CT molecular complexity index is 597. The lowest BCUT2D eigenvalue weighted by Crippen LogP contribution is -2.64. The highest BCUT2D eigenvalue weighted by molar-refractivity contribution is 5.76. The van der Waals surface area contributed by atoms with Crippen LogP contribution in [0, 0.1) is 17.8 Å². The van der Waals surface area contributed by atoms with Gasteiger partial charge in [-0.25, -0.2) is 0 Å². The molecule has 1 aromatic heterocycles. The van der Waals surface area contributed by atoms with Crippen LogP contribution in [0.2, 0.25) is 0 Å². The lowest BCUT2D eigenvalue weighted by atomic mass is 9.52. The van der Waals surface area contributed by atoms with E-state index >= 15 is 0 Å². The summed E-state index contributed by atoms with van der Waals surface area (Å²) >= 11 is 0.